The van der Waals surface area contributed by atoms with Gasteiger partial charge in [-0.15, -0.1) is 0 Å². The number of thiol groups is 1. The van der Waals surface area contributed by atoms with E-state index in [1.165, 1.54) is 0 Å². The van der Waals surface area contributed by atoms with Gasteiger partial charge in [-0.1, -0.05) is 0 Å². The Labute approximate surface area is 88.5 Å². The fraction of sp³-hybridized carbons (Fsp3) is 1.00. The Morgan fingerprint density at radius 2 is 1.62 bits per heavy atom. The minimum Gasteiger partial charge on any atom is -0.315 e. The second kappa shape index (κ2) is 7.65. The average Bonchev–Trinajstić information content (AvgIpc) is 2.02. The first-order valence-electron chi connectivity index (χ1n) is 5.17. The Hall–Kier alpha value is 0.270. The van der Waals surface area contributed by atoms with Gasteiger partial charge < -0.3 is 5.32 Å². The third-order valence-corrected chi connectivity index (χ3v) is 2.39. The maximum Gasteiger partial charge on any atom is 0.0112 e. The van der Waals surface area contributed by atoms with E-state index < -0.39 is 0 Å². The molecule has 0 aromatic heterocycles. The molecule has 0 saturated carbocycles. The van der Waals surface area contributed by atoms with Gasteiger partial charge in [-0.2, -0.15) is 12.6 Å². The maximum atomic E-state index is 4.15. The Kier molecular flexibility index (Phi) is 7.81. The van der Waals surface area contributed by atoms with Gasteiger partial charge in [0.15, 0.2) is 0 Å². The van der Waals surface area contributed by atoms with Crippen LogP contribution in [0, 0.1) is 0 Å². The molecule has 1 N–H and O–H groups in total. The van der Waals surface area contributed by atoms with Crippen LogP contribution in [-0.2, 0) is 0 Å². The van der Waals surface area contributed by atoms with E-state index in [-0.39, 0.29) is 0 Å². The molecule has 0 amide bonds. The van der Waals surface area contributed by atoms with Gasteiger partial charge in [0, 0.05) is 37.5 Å². The third-order valence-electron chi connectivity index (χ3n) is 2.16. The zero-order valence-electron chi connectivity index (χ0n) is 9.38. The molecule has 0 bridgehead atoms. The van der Waals surface area contributed by atoms with Crippen molar-refractivity contribution in [2.24, 2.45) is 0 Å². The van der Waals surface area contributed by atoms with Crippen molar-refractivity contribution >= 4 is 12.6 Å². The summed E-state index contributed by atoms with van der Waals surface area (Å²) in [5, 5.41) is 3.36. The number of hydrogen-bond donors (Lipinski definition) is 2. The molecular formula is C10H24N2S. The van der Waals surface area contributed by atoms with Crippen LogP contribution in [0.2, 0.25) is 0 Å². The minimum absolute atomic E-state index is 0.637. The van der Waals surface area contributed by atoms with Crippen LogP contribution in [0.15, 0.2) is 0 Å². The van der Waals surface area contributed by atoms with E-state index in [0.29, 0.717) is 12.1 Å². The van der Waals surface area contributed by atoms with Gasteiger partial charge in [0.05, 0.1) is 0 Å². The Morgan fingerprint density at radius 1 is 1.08 bits per heavy atom. The van der Waals surface area contributed by atoms with Crippen molar-refractivity contribution in [2.75, 3.05) is 25.4 Å². The summed E-state index contributed by atoms with van der Waals surface area (Å²) in [6.07, 6.45) is 0. The topological polar surface area (TPSA) is 15.3 Å². The summed E-state index contributed by atoms with van der Waals surface area (Å²) in [5.41, 5.74) is 0. The van der Waals surface area contributed by atoms with Crippen molar-refractivity contribution in [3.8, 4) is 0 Å². The Bertz CT molecular complexity index is 107. The second-order valence-corrected chi connectivity index (χ2v) is 4.35. The normalized spacial score (nSPS) is 12.0. The van der Waals surface area contributed by atoms with Gasteiger partial charge in [-0.3, -0.25) is 4.90 Å². The van der Waals surface area contributed by atoms with Gasteiger partial charge in [0.1, 0.15) is 0 Å². The summed E-state index contributed by atoms with van der Waals surface area (Å²) < 4.78 is 0. The molecule has 0 aromatic rings. The molecule has 0 atom stereocenters. The van der Waals surface area contributed by atoms with E-state index in [9.17, 15) is 0 Å². The van der Waals surface area contributed by atoms with Gasteiger partial charge in [-0.25, -0.2) is 0 Å². The quantitative estimate of drug-likeness (QED) is 0.484. The standard InChI is InChI=1S/C10H24N2S/c1-9(2)12(10(3)4)7-5-11-6-8-13/h9-11,13H,5-8H2,1-4H3. The highest BCUT2D eigenvalue weighted by molar-refractivity contribution is 7.80. The highest BCUT2D eigenvalue weighted by Crippen LogP contribution is 2.02. The summed E-state index contributed by atoms with van der Waals surface area (Å²) in [6.45, 7) is 12.2. The fourth-order valence-corrected chi connectivity index (χ4v) is 1.68. The highest BCUT2D eigenvalue weighted by atomic mass is 32.1. The van der Waals surface area contributed by atoms with Crippen LogP contribution in [0.1, 0.15) is 27.7 Å². The van der Waals surface area contributed by atoms with Crippen LogP contribution in [0.5, 0.6) is 0 Å². The van der Waals surface area contributed by atoms with E-state index in [2.05, 4.69) is 50.5 Å². The van der Waals surface area contributed by atoms with Crippen LogP contribution >= 0.6 is 12.6 Å². The molecule has 0 radical (unpaired) electrons. The van der Waals surface area contributed by atoms with E-state index in [0.717, 1.165) is 25.4 Å². The lowest BCUT2D eigenvalue weighted by molar-refractivity contribution is 0.176. The number of nitrogens with zero attached hydrogens (tertiary/aromatic N) is 1. The molecule has 0 aliphatic rings. The largest absolute Gasteiger partial charge is 0.315 e. The predicted octanol–water partition coefficient (Wildman–Crippen LogP) is 1.62. The summed E-state index contributed by atoms with van der Waals surface area (Å²) in [7, 11) is 0. The van der Waals surface area contributed by atoms with Crippen molar-refractivity contribution in [1.29, 1.82) is 0 Å². The average molecular weight is 204 g/mol. The van der Waals surface area contributed by atoms with Crippen molar-refractivity contribution in [2.45, 2.75) is 39.8 Å². The molecule has 2 nitrogen and oxygen atoms in total. The summed E-state index contributed by atoms with van der Waals surface area (Å²) >= 11 is 4.15. The van der Waals surface area contributed by atoms with Crippen molar-refractivity contribution in [3.05, 3.63) is 0 Å². The second-order valence-electron chi connectivity index (χ2n) is 3.90. The SMILES string of the molecule is CC(C)N(CCNCCS)C(C)C. The van der Waals surface area contributed by atoms with E-state index >= 15 is 0 Å². The molecule has 80 valence electrons. The van der Waals surface area contributed by atoms with Crippen molar-refractivity contribution in [1.82, 2.24) is 10.2 Å². The summed E-state index contributed by atoms with van der Waals surface area (Å²) in [5.74, 6) is 0.920. The molecule has 0 aliphatic heterocycles. The molecule has 0 aliphatic carbocycles. The van der Waals surface area contributed by atoms with Crippen molar-refractivity contribution in [3.63, 3.8) is 0 Å². The number of nitrogens with one attached hydrogen (secondary N) is 1. The molecule has 0 unspecified atom stereocenters. The zero-order valence-corrected chi connectivity index (χ0v) is 10.3. The lowest BCUT2D eigenvalue weighted by atomic mass is 10.2. The monoisotopic (exact) mass is 204 g/mol. The molecule has 0 rings (SSSR count). The van der Waals surface area contributed by atoms with Gasteiger partial charge in [0.25, 0.3) is 0 Å². The van der Waals surface area contributed by atoms with Crippen LogP contribution in [0.25, 0.3) is 0 Å². The van der Waals surface area contributed by atoms with E-state index in [1.807, 2.05) is 0 Å². The highest BCUT2D eigenvalue weighted by Gasteiger charge is 2.11. The molecule has 0 spiro atoms. The number of rotatable bonds is 7. The molecular weight excluding hydrogens is 180 g/mol. The Balaban J connectivity index is 3.58. The van der Waals surface area contributed by atoms with Crippen LogP contribution in [0.3, 0.4) is 0 Å². The molecule has 0 heterocycles. The zero-order chi connectivity index (χ0) is 10.3. The fourth-order valence-electron chi connectivity index (χ4n) is 1.52. The first kappa shape index (κ1) is 13.3. The maximum absolute atomic E-state index is 4.15. The van der Waals surface area contributed by atoms with Crippen LogP contribution in [0.4, 0.5) is 0 Å². The molecule has 3 heteroatoms. The van der Waals surface area contributed by atoms with Gasteiger partial charge >= 0.3 is 0 Å². The molecule has 13 heavy (non-hydrogen) atoms. The first-order chi connectivity index (χ1) is 6.09. The predicted molar refractivity (Wildman–Crippen MR) is 63.7 cm³/mol. The lowest BCUT2D eigenvalue weighted by Gasteiger charge is -2.30. The summed E-state index contributed by atoms with van der Waals surface area (Å²) in [4.78, 5) is 2.49. The van der Waals surface area contributed by atoms with E-state index in [1.54, 1.807) is 0 Å². The molecule has 0 saturated heterocycles. The Morgan fingerprint density at radius 3 is 2.00 bits per heavy atom. The van der Waals surface area contributed by atoms with Crippen molar-refractivity contribution < 1.29 is 0 Å². The van der Waals surface area contributed by atoms with Gasteiger partial charge in [0.2, 0.25) is 0 Å². The summed E-state index contributed by atoms with van der Waals surface area (Å²) in [6, 6.07) is 1.27. The first-order valence-corrected chi connectivity index (χ1v) is 5.80. The lowest BCUT2D eigenvalue weighted by Crippen LogP contribution is -2.41. The molecule has 0 aromatic carbocycles. The van der Waals surface area contributed by atoms with E-state index in [4.69, 9.17) is 0 Å². The third kappa shape index (κ3) is 6.36. The van der Waals surface area contributed by atoms with Crippen LogP contribution in [-0.4, -0.2) is 42.4 Å². The minimum atomic E-state index is 0.637. The number of hydrogen-bond acceptors (Lipinski definition) is 3. The smallest absolute Gasteiger partial charge is 0.0112 e. The van der Waals surface area contributed by atoms with Gasteiger partial charge in [-0.05, 0) is 27.7 Å². The molecule has 0 fully saturated rings. The van der Waals surface area contributed by atoms with Crippen LogP contribution < -0.4 is 5.32 Å².